The molecule has 3 atom stereocenters. The summed E-state index contributed by atoms with van der Waals surface area (Å²) in [4.78, 5) is 22.0. The molecule has 0 fully saturated rings. The molecule has 8 nitrogen and oxygen atoms in total. The molecule has 3 unspecified atom stereocenters. The Morgan fingerprint density at radius 2 is 1.49 bits per heavy atom. The van der Waals surface area contributed by atoms with E-state index in [0.29, 0.717) is 13.0 Å². The summed E-state index contributed by atoms with van der Waals surface area (Å²) in [5.41, 5.74) is 0.888. The monoisotopic (exact) mass is 544 g/mol. The molecule has 1 aromatic rings. The van der Waals surface area contributed by atoms with Gasteiger partial charge < -0.3 is 28.5 Å². The number of quaternary nitrogens is 1. The molecular weight excluding hydrogens is 493 g/mol. The van der Waals surface area contributed by atoms with Crippen LogP contribution in [-0.4, -0.2) is 73.3 Å². The number of aliphatic hydroxyl groups excluding tert-OH is 1. The number of rotatable bonds is 21. The van der Waals surface area contributed by atoms with Crippen molar-refractivity contribution in [2.75, 3.05) is 41.0 Å². The number of nitrogens with zero attached hydrogens (tertiary/aromatic N) is 1. The highest BCUT2D eigenvalue weighted by Gasteiger charge is 2.43. The number of hydrogen-bond acceptors (Lipinski definition) is 6. The average molecular weight is 545 g/mol. The number of unbranched alkanes of at least 4 members (excludes halogenated alkanes) is 9. The Kier molecular flexibility index (Phi) is 16.3. The Morgan fingerprint density at radius 1 is 0.946 bits per heavy atom. The summed E-state index contributed by atoms with van der Waals surface area (Å²) >= 11 is 0. The number of hydrogen-bond donors (Lipinski definition) is 2. The molecule has 0 aliphatic heterocycles. The van der Waals surface area contributed by atoms with E-state index < -0.39 is 32.1 Å². The van der Waals surface area contributed by atoms with Gasteiger partial charge in [-0.25, -0.2) is 0 Å². The fraction of sp³-hybridized carbons (Fsp3) is 0.750. The van der Waals surface area contributed by atoms with Crippen molar-refractivity contribution < 1.29 is 37.8 Å². The van der Waals surface area contributed by atoms with E-state index in [1.165, 1.54) is 64.7 Å². The standard InChI is InChI=1S/C28H50NO7P/c1-6-7-8-9-10-11-12-13-14-15-20-34-26-18-16-25(17-19-26)21-27(36-24(2)31)23-35-37(32,33)28(22-30)29(3,4)5/h16-19,27-28,30H,6-15,20-23H2,1-5H3/p+1. The molecule has 1 rings (SSSR count). The van der Waals surface area contributed by atoms with Gasteiger partial charge >= 0.3 is 13.6 Å². The number of likely N-dealkylation sites (N-methyl/N-ethyl adjacent to an activating group) is 1. The highest BCUT2D eigenvalue weighted by molar-refractivity contribution is 7.53. The van der Waals surface area contributed by atoms with E-state index in [2.05, 4.69) is 6.92 Å². The lowest BCUT2D eigenvalue weighted by atomic mass is 10.1. The summed E-state index contributed by atoms with van der Waals surface area (Å²) < 4.78 is 29.3. The van der Waals surface area contributed by atoms with Gasteiger partial charge in [0.05, 0.1) is 34.4 Å². The molecule has 0 radical (unpaired) electrons. The summed E-state index contributed by atoms with van der Waals surface area (Å²) in [6, 6.07) is 7.55. The third-order valence-corrected chi connectivity index (χ3v) is 8.49. The topological polar surface area (TPSA) is 102 Å². The largest absolute Gasteiger partial charge is 0.494 e. The summed E-state index contributed by atoms with van der Waals surface area (Å²) in [5.74, 6) is -0.714. The predicted octanol–water partition coefficient (Wildman–Crippen LogP) is 5.69. The summed E-state index contributed by atoms with van der Waals surface area (Å²) in [6.45, 7) is 3.47. The van der Waals surface area contributed by atoms with Crippen molar-refractivity contribution in [2.45, 2.75) is 96.4 Å². The molecule has 0 heterocycles. The van der Waals surface area contributed by atoms with Crippen LogP contribution in [0.25, 0.3) is 0 Å². The molecule has 0 saturated heterocycles. The zero-order valence-electron chi connectivity index (χ0n) is 23.7. The van der Waals surface area contributed by atoms with E-state index in [1.54, 1.807) is 21.1 Å². The van der Waals surface area contributed by atoms with Crippen LogP contribution < -0.4 is 4.74 Å². The molecule has 37 heavy (non-hydrogen) atoms. The van der Waals surface area contributed by atoms with Crippen molar-refractivity contribution in [1.82, 2.24) is 0 Å². The van der Waals surface area contributed by atoms with Crippen LogP contribution in [0, 0.1) is 0 Å². The Bertz CT molecular complexity index is 795. The van der Waals surface area contributed by atoms with Gasteiger partial charge in [-0.1, -0.05) is 76.8 Å². The van der Waals surface area contributed by atoms with Crippen molar-refractivity contribution in [3.63, 3.8) is 0 Å². The minimum absolute atomic E-state index is 0.0586. The molecule has 0 spiro atoms. The quantitative estimate of drug-likeness (QED) is 0.0887. The first-order chi connectivity index (χ1) is 17.5. The zero-order chi connectivity index (χ0) is 27.7. The van der Waals surface area contributed by atoms with E-state index >= 15 is 0 Å². The van der Waals surface area contributed by atoms with Gasteiger partial charge in [0.25, 0.3) is 0 Å². The first kappa shape index (κ1) is 33.6. The lowest BCUT2D eigenvalue weighted by molar-refractivity contribution is -0.883. The summed E-state index contributed by atoms with van der Waals surface area (Å²) in [7, 11) is 0.961. The highest BCUT2D eigenvalue weighted by Crippen LogP contribution is 2.50. The molecule has 0 aliphatic carbocycles. The number of aliphatic hydroxyl groups is 1. The van der Waals surface area contributed by atoms with E-state index in [1.807, 2.05) is 24.3 Å². The van der Waals surface area contributed by atoms with Crippen molar-refractivity contribution in [3.05, 3.63) is 29.8 Å². The van der Waals surface area contributed by atoms with Crippen molar-refractivity contribution >= 4 is 13.6 Å². The maximum absolute atomic E-state index is 12.7. The normalized spacial score (nSPS) is 15.1. The number of carbonyl (C=O) groups excluding carboxylic acids is 1. The van der Waals surface area contributed by atoms with Gasteiger partial charge in [0.15, 0.2) is 0 Å². The Hall–Kier alpha value is -1.44. The van der Waals surface area contributed by atoms with Gasteiger partial charge in [0, 0.05) is 13.3 Å². The lowest BCUT2D eigenvalue weighted by Crippen LogP contribution is -2.47. The molecule has 0 saturated carbocycles. The van der Waals surface area contributed by atoms with E-state index in [4.69, 9.17) is 14.0 Å². The molecule has 0 bridgehead atoms. The minimum Gasteiger partial charge on any atom is -0.494 e. The number of esters is 1. The predicted molar refractivity (Wildman–Crippen MR) is 148 cm³/mol. The van der Waals surface area contributed by atoms with Crippen LogP contribution in [0.3, 0.4) is 0 Å². The number of ether oxygens (including phenoxy) is 2. The van der Waals surface area contributed by atoms with Gasteiger partial charge in [-0.2, -0.15) is 0 Å². The molecule has 0 aromatic heterocycles. The zero-order valence-corrected chi connectivity index (χ0v) is 24.6. The van der Waals surface area contributed by atoms with E-state index in [9.17, 15) is 19.4 Å². The second kappa shape index (κ2) is 18.0. The smallest absolute Gasteiger partial charge is 0.387 e. The first-order valence-electron chi connectivity index (χ1n) is 13.8. The fourth-order valence-electron chi connectivity index (χ4n) is 4.20. The van der Waals surface area contributed by atoms with Gasteiger partial charge in [-0.3, -0.25) is 9.36 Å². The molecular formula is C28H51NO7P+. The highest BCUT2D eigenvalue weighted by atomic mass is 31.2. The number of carbonyl (C=O) groups is 1. The molecule has 1 aromatic carbocycles. The SMILES string of the molecule is CCCCCCCCCCCCOc1ccc(CC(COP(=O)(O)C(CO)[N+](C)(C)C)OC(C)=O)cc1. The fourth-order valence-corrected chi connectivity index (χ4v) is 5.83. The van der Waals surface area contributed by atoms with Crippen LogP contribution in [0.4, 0.5) is 0 Å². The van der Waals surface area contributed by atoms with Crippen molar-refractivity contribution in [3.8, 4) is 5.75 Å². The third kappa shape index (κ3) is 14.9. The van der Waals surface area contributed by atoms with Gasteiger partial charge in [-0.05, 0) is 24.1 Å². The molecule has 0 aliphatic rings. The summed E-state index contributed by atoms with van der Waals surface area (Å²) in [5, 5.41) is 9.60. The average Bonchev–Trinajstić information content (AvgIpc) is 2.81. The Balaban J connectivity index is 2.44. The molecule has 214 valence electrons. The Morgan fingerprint density at radius 3 is 1.97 bits per heavy atom. The van der Waals surface area contributed by atoms with Gasteiger partial charge in [0.2, 0.25) is 5.78 Å². The summed E-state index contributed by atoms with van der Waals surface area (Å²) in [6.07, 6.45) is 12.4. The third-order valence-electron chi connectivity index (χ3n) is 6.37. The number of benzene rings is 1. The van der Waals surface area contributed by atoms with Gasteiger partial charge in [0.1, 0.15) is 18.5 Å². The second-order valence-electron chi connectivity index (χ2n) is 10.7. The van der Waals surface area contributed by atoms with Gasteiger partial charge in [-0.15, -0.1) is 0 Å². The second-order valence-corrected chi connectivity index (χ2v) is 12.7. The van der Waals surface area contributed by atoms with Crippen LogP contribution in [0.15, 0.2) is 24.3 Å². The lowest BCUT2D eigenvalue weighted by Gasteiger charge is -2.34. The van der Waals surface area contributed by atoms with Crippen LogP contribution in [0.5, 0.6) is 5.75 Å². The van der Waals surface area contributed by atoms with E-state index in [-0.39, 0.29) is 11.1 Å². The van der Waals surface area contributed by atoms with Crippen LogP contribution in [0.1, 0.15) is 83.6 Å². The molecule has 0 amide bonds. The van der Waals surface area contributed by atoms with Crippen molar-refractivity contribution in [1.29, 1.82) is 0 Å². The van der Waals surface area contributed by atoms with E-state index in [0.717, 1.165) is 17.7 Å². The maximum Gasteiger partial charge on any atom is 0.387 e. The van der Waals surface area contributed by atoms with Crippen molar-refractivity contribution in [2.24, 2.45) is 0 Å². The maximum atomic E-state index is 12.7. The minimum atomic E-state index is -4.15. The van der Waals surface area contributed by atoms with Crippen LogP contribution >= 0.6 is 7.60 Å². The van der Waals surface area contributed by atoms with Crippen LogP contribution in [-0.2, 0) is 25.0 Å². The van der Waals surface area contributed by atoms with Crippen LogP contribution in [0.2, 0.25) is 0 Å². The molecule has 9 heteroatoms. The first-order valence-corrected chi connectivity index (χ1v) is 15.4. The Labute approximate surface area is 224 Å². The molecule has 2 N–H and O–H groups in total.